The fourth-order valence-electron chi connectivity index (χ4n) is 14.5. The smallest absolute Gasteiger partial charge is 0.0713 e. The quantitative estimate of drug-likeness (QED) is 0.129. The zero-order valence-corrected chi connectivity index (χ0v) is 47.7. The van der Waals surface area contributed by atoms with Crippen LogP contribution in [0.15, 0.2) is 340 Å². The fourth-order valence-corrected chi connectivity index (χ4v) is 14.5. The molecular formula is C85H56N2. The molecule has 0 unspecified atom stereocenters. The Morgan fingerprint density at radius 3 is 1.15 bits per heavy atom. The summed E-state index contributed by atoms with van der Waals surface area (Å²) in [6.45, 7) is 0. The van der Waals surface area contributed by atoms with Crippen LogP contribution in [0, 0.1) is 0 Å². The first-order valence-corrected chi connectivity index (χ1v) is 30.1. The highest BCUT2D eigenvalue weighted by Crippen LogP contribution is 2.57. The van der Waals surface area contributed by atoms with Crippen molar-refractivity contribution in [2.45, 2.75) is 5.41 Å². The number of para-hydroxylation sites is 3. The van der Waals surface area contributed by atoms with Gasteiger partial charge in [-0.1, -0.05) is 273 Å². The molecule has 87 heavy (non-hydrogen) atoms. The van der Waals surface area contributed by atoms with Gasteiger partial charge in [-0.25, -0.2) is 0 Å². The molecule has 406 valence electrons. The highest BCUT2D eigenvalue weighted by molar-refractivity contribution is 6.13. The Bertz CT molecular complexity index is 5270. The molecule has 16 aromatic rings. The van der Waals surface area contributed by atoms with E-state index >= 15 is 0 Å². The van der Waals surface area contributed by atoms with Gasteiger partial charge in [0.1, 0.15) is 0 Å². The van der Waals surface area contributed by atoms with Gasteiger partial charge in [-0.3, -0.25) is 0 Å². The van der Waals surface area contributed by atoms with E-state index in [4.69, 9.17) is 0 Å². The highest BCUT2D eigenvalue weighted by atomic mass is 15.0. The predicted molar refractivity (Wildman–Crippen MR) is 365 cm³/mol. The first kappa shape index (κ1) is 50.2. The summed E-state index contributed by atoms with van der Waals surface area (Å²) in [5, 5.41) is 4.95. The summed E-state index contributed by atoms with van der Waals surface area (Å²) in [5.74, 6) is 0. The summed E-state index contributed by atoms with van der Waals surface area (Å²) in [6.07, 6.45) is 0. The summed E-state index contributed by atoms with van der Waals surface area (Å²) in [4.78, 5) is 0. The van der Waals surface area contributed by atoms with E-state index in [1.165, 1.54) is 149 Å². The fraction of sp³-hybridized carbons (Fsp3) is 0.0118. The molecule has 17 rings (SSSR count). The maximum atomic E-state index is 2.44. The summed E-state index contributed by atoms with van der Waals surface area (Å²) < 4.78 is 4.86. The van der Waals surface area contributed by atoms with E-state index in [1.54, 1.807) is 0 Å². The average Bonchev–Trinajstić information content (AvgIpc) is 1.61. The molecule has 2 heterocycles. The molecule has 0 fully saturated rings. The number of rotatable bonds is 10. The number of hydrogen-bond acceptors (Lipinski definition) is 0. The lowest BCUT2D eigenvalue weighted by molar-refractivity contribution is 0.769. The minimum atomic E-state index is -0.558. The van der Waals surface area contributed by atoms with Crippen LogP contribution in [0.2, 0.25) is 0 Å². The Morgan fingerprint density at radius 1 is 0.195 bits per heavy atom. The van der Waals surface area contributed by atoms with Gasteiger partial charge in [0, 0.05) is 32.8 Å². The highest BCUT2D eigenvalue weighted by Gasteiger charge is 2.46. The second-order valence-electron chi connectivity index (χ2n) is 23.1. The molecule has 2 nitrogen and oxygen atoms in total. The molecular weight excluding hydrogens is 1050 g/mol. The van der Waals surface area contributed by atoms with Crippen molar-refractivity contribution in [3.05, 3.63) is 362 Å². The van der Waals surface area contributed by atoms with E-state index in [1.807, 2.05) is 0 Å². The van der Waals surface area contributed by atoms with Crippen LogP contribution in [0.25, 0.3) is 133 Å². The Hall–Kier alpha value is -11.3. The van der Waals surface area contributed by atoms with Crippen molar-refractivity contribution in [1.29, 1.82) is 0 Å². The maximum Gasteiger partial charge on any atom is 0.0713 e. The van der Waals surface area contributed by atoms with E-state index in [0.717, 1.165) is 5.69 Å². The number of fused-ring (bicyclic) bond motifs is 9. The monoisotopic (exact) mass is 1100 g/mol. The lowest BCUT2D eigenvalue weighted by Gasteiger charge is -2.34. The van der Waals surface area contributed by atoms with Crippen molar-refractivity contribution in [1.82, 2.24) is 9.13 Å². The molecule has 0 atom stereocenters. The van der Waals surface area contributed by atoms with Crippen LogP contribution in [0.4, 0.5) is 0 Å². The Balaban J connectivity index is 0.700. The molecule has 14 aromatic carbocycles. The van der Waals surface area contributed by atoms with Gasteiger partial charge in [0.2, 0.25) is 0 Å². The van der Waals surface area contributed by atoms with Gasteiger partial charge in [0.25, 0.3) is 0 Å². The third-order valence-corrected chi connectivity index (χ3v) is 18.5. The Labute approximate surface area is 506 Å². The molecule has 0 aliphatic heterocycles. The minimum absolute atomic E-state index is 0.558. The van der Waals surface area contributed by atoms with Crippen LogP contribution in [0.1, 0.15) is 22.3 Å². The number of hydrogen-bond donors (Lipinski definition) is 0. The molecule has 0 radical (unpaired) electrons. The van der Waals surface area contributed by atoms with Crippen LogP contribution in [0.5, 0.6) is 0 Å². The van der Waals surface area contributed by atoms with Crippen molar-refractivity contribution < 1.29 is 0 Å². The van der Waals surface area contributed by atoms with Crippen LogP contribution in [0.3, 0.4) is 0 Å². The van der Waals surface area contributed by atoms with Crippen molar-refractivity contribution in [2.75, 3.05) is 0 Å². The maximum absolute atomic E-state index is 2.44. The topological polar surface area (TPSA) is 9.86 Å². The van der Waals surface area contributed by atoms with Gasteiger partial charge < -0.3 is 9.13 Å². The van der Waals surface area contributed by atoms with Crippen molar-refractivity contribution in [3.8, 4) is 89.3 Å². The molecule has 2 heteroatoms. The third-order valence-electron chi connectivity index (χ3n) is 18.5. The van der Waals surface area contributed by atoms with Crippen LogP contribution >= 0.6 is 0 Å². The first-order chi connectivity index (χ1) is 43.2. The molecule has 0 spiro atoms. The molecule has 0 bridgehead atoms. The first-order valence-electron chi connectivity index (χ1n) is 30.1. The molecule has 0 amide bonds. The van der Waals surface area contributed by atoms with E-state index < -0.39 is 5.41 Å². The van der Waals surface area contributed by atoms with Crippen LogP contribution < -0.4 is 0 Å². The van der Waals surface area contributed by atoms with Gasteiger partial charge in [0.05, 0.1) is 33.2 Å². The SMILES string of the molecule is c1ccc(-c2ccccc2-c2cccc(C3(c4cccc(-c5ccc(-c6ccc(-n7c8ccccc8c8cc(-c9ccc%10c(c9)c9ccccc9n%10-c9ccccc9-c9ccccc9)ccc87)cc6)cc5)c4)c4ccccc4-c4ccccc43)c2)cc1. The second-order valence-corrected chi connectivity index (χ2v) is 23.1. The summed E-state index contributed by atoms with van der Waals surface area (Å²) in [6, 6.07) is 126. The lowest BCUT2D eigenvalue weighted by Crippen LogP contribution is -2.28. The third kappa shape index (κ3) is 8.10. The van der Waals surface area contributed by atoms with Gasteiger partial charge in [0.15, 0.2) is 0 Å². The summed E-state index contributed by atoms with van der Waals surface area (Å²) in [7, 11) is 0. The number of aromatic nitrogens is 2. The van der Waals surface area contributed by atoms with E-state index in [0.29, 0.717) is 0 Å². The molecule has 1 aliphatic carbocycles. The zero-order valence-electron chi connectivity index (χ0n) is 47.7. The van der Waals surface area contributed by atoms with Gasteiger partial charge in [-0.05, 0) is 161 Å². The summed E-state index contributed by atoms with van der Waals surface area (Å²) >= 11 is 0. The van der Waals surface area contributed by atoms with Gasteiger partial charge in [-0.2, -0.15) is 0 Å². The predicted octanol–water partition coefficient (Wildman–Crippen LogP) is 22.2. The molecule has 0 N–H and O–H groups in total. The van der Waals surface area contributed by atoms with Crippen molar-refractivity contribution in [3.63, 3.8) is 0 Å². The van der Waals surface area contributed by atoms with E-state index in [9.17, 15) is 0 Å². The zero-order chi connectivity index (χ0) is 57.4. The van der Waals surface area contributed by atoms with Gasteiger partial charge >= 0.3 is 0 Å². The summed E-state index contributed by atoms with van der Waals surface area (Å²) in [5.41, 5.74) is 28.5. The minimum Gasteiger partial charge on any atom is -0.309 e. The molecule has 2 aromatic heterocycles. The number of benzene rings is 14. The largest absolute Gasteiger partial charge is 0.309 e. The normalized spacial score (nSPS) is 12.5. The van der Waals surface area contributed by atoms with Crippen LogP contribution in [-0.4, -0.2) is 9.13 Å². The van der Waals surface area contributed by atoms with E-state index in [-0.39, 0.29) is 0 Å². The second kappa shape index (κ2) is 20.5. The van der Waals surface area contributed by atoms with Crippen LogP contribution in [-0.2, 0) is 5.41 Å². The molecule has 0 saturated carbocycles. The van der Waals surface area contributed by atoms with Crippen molar-refractivity contribution in [2.24, 2.45) is 0 Å². The molecule has 1 aliphatic rings. The Morgan fingerprint density at radius 2 is 0.563 bits per heavy atom. The Kier molecular flexibility index (Phi) is 11.8. The average molecular weight is 1110 g/mol. The van der Waals surface area contributed by atoms with Gasteiger partial charge in [-0.15, -0.1) is 0 Å². The lowest BCUT2D eigenvalue weighted by atomic mass is 9.67. The van der Waals surface area contributed by atoms with E-state index in [2.05, 4.69) is 349 Å². The van der Waals surface area contributed by atoms with Crippen molar-refractivity contribution >= 4 is 43.6 Å². The number of nitrogens with zero attached hydrogens (tertiary/aromatic N) is 2. The standard InChI is InChI=1S/C85H56N2/c1-3-21-60(22-4-1)69-29-7-8-30-70(69)65-26-20-28-67(54-65)85(78-36-14-9-32-72(78)73-33-10-15-37-79(73)85)66-27-19-25-62(53-66)59-43-41-57(42-44-59)58-45-49-68(50-46-58)86-81-39-17-12-34-74(81)76-55-63(47-51-83(76)86)64-48-52-84-77(56-64)75-35-13-18-40-82(75)87(84)80-38-16-11-31-71(80)61-23-5-2-6-24-61/h1-56H. The molecule has 0 saturated heterocycles.